The summed E-state index contributed by atoms with van der Waals surface area (Å²) in [5.41, 5.74) is 5.95. The molecule has 112 valence electrons. The molecule has 0 aromatic heterocycles. The zero-order valence-corrected chi connectivity index (χ0v) is 13.7. The lowest BCUT2D eigenvalue weighted by atomic mass is 10.2. The number of hydrogen-bond donors (Lipinski definition) is 1. The second kappa shape index (κ2) is 6.50. The Kier molecular flexibility index (Phi) is 5.11. The van der Waals surface area contributed by atoms with E-state index >= 15 is 0 Å². The molecule has 0 unspecified atom stereocenters. The summed E-state index contributed by atoms with van der Waals surface area (Å²) in [5.74, 6) is 0.529. The van der Waals surface area contributed by atoms with Crippen molar-refractivity contribution in [2.75, 3.05) is 5.73 Å². The third-order valence-electron chi connectivity index (χ3n) is 2.74. The summed E-state index contributed by atoms with van der Waals surface area (Å²) >= 11 is 10.8. The van der Waals surface area contributed by atoms with Crippen molar-refractivity contribution in [1.29, 1.82) is 0 Å². The van der Waals surface area contributed by atoms with E-state index < -0.39 is 11.7 Å². The van der Waals surface area contributed by atoms with Gasteiger partial charge in [-0.15, -0.1) is 11.8 Å². The summed E-state index contributed by atoms with van der Waals surface area (Å²) in [4.78, 5) is 0.599. The third-order valence-corrected chi connectivity index (χ3v) is 4.72. The minimum atomic E-state index is -4.38. The summed E-state index contributed by atoms with van der Waals surface area (Å²) in [6, 6.07) is 8.86. The van der Waals surface area contributed by atoms with E-state index in [9.17, 15) is 13.2 Å². The number of hydrogen-bond acceptors (Lipinski definition) is 2. The minimum absolute atomic E-state index is 0.114. The van der Waals surface area contributed by atoms with Crippen molar-refractivity contribution in [3.63, 3.8) is 0 Å². The van der Waals surface area contributed by atoms with E-state index in [1.807, 2.05) is 12.1 Å². The normalized spacial score (nSPS) is 11.7. The van der Waals surface area contributed by atoms with Gasteiger partial charge in [0, 0.05) is 25.8 Å². The highest BCUT2D eigenvalue weighted by Gasteiger charge is 2.30. The van der Waals surface area contributed by atoms with E-state index in [2.05, 4.69) is 15.9 Å². The van der Waals surface area contributed by atoms with Gasteiger partial charge in [-0.25, -0.2) is 0 Å². The molecule has 0 atom stereocenters. The zero-order chi connectivity index (χ0) is 15.6. The number of nitrogens with two attached hydrogens (primary N) is 1. The van der Waals surface area contributed by atoms with Gasteiger partial charge in [-0.1, -0.05) is 33.6 Å². The zero-order valence-electron chi connectivity index (χ0n) is 10.5. The van der Waals surface area contributed by atoms with Crippen LogP contribution in [0.15, 0.2) is 45.8 Å². The molecule has 0 aliphatic rings. The van der Waals surface area contributed by atoms with Crippen LogP contribution >= 0.6 is 39.3 Å². The Bertz CT molecular complexity index is 661. The fourth-order valence-corrected chi connectivity index (χ4v) is 3.42. The molecule has 0 saturated carbocycles. The van der Waals surface area contributed by atoms with Crippen molar-refractivity contribution in [3.8, 4) is 0 Å². The molecule has 0 heterocycles. The van der Waals surface area contributed by atoms with Crippen LogP contribution in [0, 0.1) is 0 Å². The molecule has 0 saturated heterocycles. The molecule has 0 amide bonds. The van der Waals surface area contributed by atoms with E-state index in [0.29, 0.717) is 15.7 Å². The predicted molar refractivity (Wildman–Crippen MR) is 84.6 cm³/mol. The Morgan fingerprint density at radius 2 is 1.86 bits per heavy atom. The van der Waals surface area contributed by atoms with Crippen LogP contribution in [0.25, 0.3) is 0 Å². The second-order valence-electron chi connectivity index (χ2n) is 4.27. The van der Waals surface area contributed by atoms with Crippen molar-refractivity contribution in [2.45, 2.75) is 16.8 Å². The highest BCUT2D eigenvalue weighted by Crippen LogP contribution is 2.36. The predicted octanol–water partition coefficient (Wildman–Crippen LogP) is 6.00. The SMILES string of the molecule is Nc1cc(C(F)(F)F)ccc1SCc1ccc(Br)cc1Cl. The van der Waals surface area contributed by atoms with E-state index in [-0.39, 0.29) is 5.69 Å². The molecule has 2 aromatic rings. The minimum Gasteiger partial charge on any atom is -0.398 e. The van der Waals surface area contributed by atoms with Crippen molar-refractivity contribution >= 4 is 45.0 Å². The monoisotopic (exact) mass is 395 g/mol. The van der Waals surface area contributed by atoms with Gasteiger partial charge >= 0.3 is 6.18 Å². The summed E-state index contributed by atoms with van der Waals surface area (Å²) in [7, 11) is 0. The molecule has 0 fully saturated rings. The van der Waals surface area contributed by atoms with Gasteiger partial charge in [-0.3, -0.25) is 0 Å². The Balaban J connectivity index is 2.13. The summed E-state index contributed by atoms with van der Waals surface area (Å²) in [6.45, 7) is 0. The van der Waals surface area contributed by atoms with Crippen molar-refractivity contribution in [2.24, 2.45) is 0 Å². The van der Waals surface area contributed by atoms with Gasteiger partial charge in [0.15, 0.2) is 0 Å². The highest BCUT2D eigenvalue weighted by molar-refractivity contribution is 9.10. The standard InChI is InChI=1S/C14H10BrClF3NS/c15-10-3-1-8(11(16)6-10)7-21-13-4-2-9(5-12(13)20)14(17,18)19/h1-6H,7,20H2. The molecule has 2 N–H and O–H groups in total. The molecule has 1 nitrogen and oxygen atoms in total. The fourth-order valence-electron chi connectivity index (χ4n) is 1.65. The Labute approximate surface area is 137 Å². The molecule has 0 bridgehead atoms. The van der Waals surface area contributed by atoms with Crippen LogP contribution in [0.4, 0.5) is 18.9 Å². The van der Waals surface area contributed by atoms with Crippen molar-refractivity contribution in [3.05, 3.63) is 57.0 Å². The quantitative estimate of drug-likeness (QED) is 0.509. The number of thioether (sulfide) groups is 1. The first-order valence-electron chi connectivity index (χ1n) is 5.81. The first-order valence-corrected chi connectivity index (χ1v) is 7.96. The van der Waals surface area contributed by atoms with Gasteiger partial charge in [-0.2, -0.15) is 13.2 Å². The number of halogens is 5. The first-order chi connectivity index (χ1) is 9.77. The van der Waals surface area contributed by atoms with Crippen molar-refractivity contribution < 1.29 is 13.2 Å². The average molecular weight is 397 g/mol. The lowest BCUT2D eigenvalue weighted by Crippen LogP contribution is -2.05. The Morgan fingerprint density at radius 1 is 1.14 bits per heavy atom. The molecule has 2 aromatic carbocycles. The van der Waals surface area contributed by atoms with Crippen LogP contribution in [0.1, 0.15) is 11.1 Å². The lowest BCUT2D eigenvalue weighted by Gasteiger charge is -2.11. The van der Waals surface area contributed by atoms with E-state index in [1.165, 1.54) is 17.8 Å². The van der Waals surface area contributed by atoms with Gasteiger partial charge in [0.1, 0.15) is 0 Å². The molecule has 7 heteroatoms. The molecule has 0 radical (unpaired) electrons. The van der Waals surface area contributed by atoms with Gasteiger partial charge in [0.25, 0.3) is 0 Å². The largest absolute Gasteiger partial charge is 0.416 e. The summed E-state index contributed by atoms with van der Waals surface area (Å²) < 4.78 is 38.5. The number of nitrogen functional groups attached to an aromatic ring is 1. The molecule has 21 heavy (non-hydrogen) atoms. The average Bonchev–Trinajstić information content (AvgIpc) is 2.38. The van der Waals surface area contributed by atoms with E-state index in [4.69, 9.17) is 17.3 Å². The maximum Gasteiger partial charge on any atom is 0.416 e. The van der Waals surface area contributed by atoms with Crippen LogP contribution in [0.5, 0.6) is 0 Å². The van der Waals surface area contributed by atoms with Gasteiger partial charge in [0.2, 0.25) is 0 Å². The Hall–Kier alpha value is -0.850. The first kappa shape index (κ1) is 16.5. The number of alkyl halides is 3. The van der Waals surface area contributed by atoms with Gasteiger partial charge in [0.05, 0.1) is 5.56 Å². The summed E-state index contributed by atoms with van der Waals surface area (Å²) in [5, 5.41) is 0.599. The highest BCUT2D eigenvalue weighted by atomic mass is 79.9. The van der Waals surface area contributed by atoms with Crippen LogP contribution in [-0.2, 0) is 11.9 Å². The lowest BCUT2D eigenvalue weighted by molar-refractivity contribution is -0.137. The fraction of sp³-hybridized carbons (Fsp3) is 0.143. The maximum absolute atomic E-state index is 12.6. The second-order valence-corrected chi connectivity index (χ2v) is 6.61. The third kappa shape index (κ3) is 4.31. The van der Waals surface area contributed by atoms with Crippen molar-refractivity contribution in [1.82, 2.24) is 0 Å². The van der Waals surface area contributed by atoms with Crippen LogP contribution in [0.2, 0.25) is 5.02 Å². The number of anilines is 1. The Morgan fingerprint density at radius 3 is 2.43 bits per heavy atom. The molecule has 2 rings (SSSR count). The maximum atomic E-state index is 12.6. The molecular formula is C14H10BrClF3NS. The van der Waals surface area contributed by atoms with Crippen LogP contribution in [0.3, 0.4) is 0 Å². The molecule has 0 aliphatic carbocycles. The van der Waals surface area contributed by atoms with Crippen LogP contribution < -0.4 is 5.73 Å². The number of benzene rings is 2. The van der Waals surface area contributed by atoms with Gasteiger partial charge < -0.3 is 5.73 Å². The molecular weight excluding hydrogens is 387 g/mol. The smallest absolute Gasteiger partial charge is 0.398 e. The summed E-state index contributed by atoms with van der Waals surface area (Å²) in [6.07, 6.45) is -4.38. The van der Waals surface area contributed by atoms with E-state index in [1.54, 1.807) is 6.07 Å². The topological polar surface area (TPSA) is 26.0 Å². The van der Waals surface area contributed by atoms with E-state index in [0.717, 1.165) is 22.2 Å². The van der Waals surface area contributed by atoms with Crippen LogP contribution in [-0.4, -0.2) is 0 Å². The number of rotatable bonds is 3. The molecule has 0 spiro atoms. The molecule has 0 aliphatic heterocycles. The van der Waals surface area contributed by atoms with Gasteiger partial charge in [-0.05, 0) is 35.9 Å².